The van der Waals surface area contributed by atoms with E-state index in [9.17, 15) is 4.79 Å². The first-order valence-corrected chi connectivity index (χ1v) is 11.1. The summed E-state index contributed by atoms with van der Waals surface area (Å²) in [6.45, 7) is 4.30. The number of aromatic nitrogens is 2. The van der Waals surface area contributed by atoms with Crippen LogP contribution in [0.1, 0.15) is 52.6 Å². The monoisotopic (exact) mass is 456 g/mol. The van der Waals surface area contributed by atoms with E-state index in [4.69, 9.17) is 9.47 Å². The summed E-state index contributed by atoms with van der Waals surface area (Å²) in [5.41, 5.74) is 7.89. The first-order chi connectivity index (χ1) is 16.5. The number of nitrogens with one attached hydrogen (secondary N) is 2. The Bertz CT molecular complexity index is 1320. The van der Waals surface area contributed by atoms with E-state index in [2.05, 4.69) is 46.5 Å². The molecule has 0 fully saturated rings. The second-order valence-electron chi connectivity index (χ2n) is 8.30. The number of H-pyrrole nitrogens is 1. The molecule has 0 spiro atoms. The van der Waals surface area contributed by atoms with Gasteiger partial charge in [-0.05, 0) is 52.9 Å². The van der Waals surface area contributed by atoms with Crippen molar-refractivity contribution in [2.24, 2.45) is 5.10 Å². The summed E-state index contributed by atoms with van der Waals surface area (Å²) < 4.78 is 10.7. The van der Waals surface area contributed by atoms with Gasteiger partial charge in [-0.25, -0.2) is 10.4 Å². The van der Waals surface area contributed by atoms with Crippen LogP contribution in [0.15, 0.2) is 65.8 Å². The summed E-state index contributed by atoms with van der Waals surface area (Å²) in [4.78, 5) is 20.5. The molecule has 2 N–H and O–H groups in total. The molecule has 7 nitrogen and oxygen atoms in total. The van der Waals surface area contributed by atoms with Crippen molar-refractivity contribution in [1.29, 1.82) is 0 Å². The Hall–Kier alpha value is -4.13. The zero-order chi connectivity index (χ0) is 24.1. The quantitative estimate of drug-likeness (QED) is 0.287. The summed E-state index contributed by atoms with van der Waals surface area (Å²) in [6, 6.07) is 19.2. The van der Waals surface area contributed by atoms with E-state index in [0.717, 1.165) is 28.0 Å². The zero-order valence-electron chi connectivity index (χ0n) is 19.8. The number of hydrogen-bond acceptors (Lipinski definition) is 5. The maximum atomic E-state index is 12.6. The van der Waals surface area contributed by atoms with Crippen molar-refractivity contribution in [1.82, 2.24) is 15.4 Å². The number of fused-ring (bicyclic) bond motifs is 1. The third-order valence-corrected chi connectivity index (χ3v) is 5.60. The molecule has 34 heavy (non-hydrogen) atoms. The molecule has 0 aliphatic rings. The maximum Gasteiger partial charge on any atom is 0.271 e. The highest BCUT2D eigenvalue weighted by molar-refractivity contribution is 5.97. The van der Waals surface area contributed by atoms with Gasteiger partial charge in [0.25, 0.3) is 5.91 Å². The van der Waals surface area contributed by atoms with Crippen LogP contribution in [0.25, 0.3) is 11.0 Å². The van der Waals surface area contributed by atoms with E-state index in [1.54, 1.807) is 32.6 Å². The largest absolute Gasteiger partial charge is 0.493 e. The van der Waals surface area contributed by atoms with E-state index in [1.165, 1.54) is 5.56 Å². The third-order valence-electron chi connectivity index (χ3n) is 5.60. The van der Waals surface area contributed by atoms with Gasteiger partial charge in [-0.15, -0.1) is 0 Å². The molecule has 0 aliphatic carbocycles. The Morgan fingerprint density at radius 2 is 1.79 bits per heavy atom. The molecule has 0 atom stereocenters. The average Bonchev–Trinajstić information content (AvgIpc) is 3.25. The van der Waals surface area contributed by atoms with Gasteiger partial charge in [0.15, 0.2) is 11.5 Å². The van der Waals surface area contributed by atoms with Crippen molar-refractivity contribution in [3.05, 3.63) is 88.7 Å². The molecule has 1 aromatic heterocycles. The molecule has 0 saturated heterocycles. The van der Waals surface area contributed by atoms with Gasteiger partial charge >= 0.3 is 0 Å². The van der Waals surface area contributed by atoms with Gasteiger partial charge in [-0.3, -0.25) is 4.79 Å². The predicted molar refractivity (Wildman–Crippen MR) is 134 cm³/mol. The van der Waals surface area contributed by atoms with Crippen LogP contribution in [0.5, 0.6) is 11.5 Å². The molecule has 0 saturated carbocycles. The number of ether oxygens (including phenoxy) is 2. The lowest BCUT2D eigenvalue weighted by Crippen LogP contribution is -2.17. The van der Waals surface area contributed by atoms with Crippen molar-refractivity contribution in [2.45, 2.75) is 26.2 Å². The Morgan fingerprint density at radius 3 is 2.50 bits per heavy atom. The molecular formula is C27H28N4O3. The van der Waals surface area contributed by atoms with E-state index < -0.39 is 0 Å². The van der Waals surface area contributed by atoms with E-state index in [1.807, 2.05) is 36.4 Å². The second kappa shape index (κ2) is 10.2. The Kier molecular flexibility index (Phi) is 6.92. The van der Waals surface area contributed by atoms with Gasteiger partial charge in [-0.2, -0.15) is 5.10 Å². The molecule has 0 aliphatic heterocycles. The third kappa shape index (κ3) is 5.26. The fraction of sp³-hybridized carbons (Fsp3) is 0.222. The number of carbonyl (C=O) groups excluding carboxylic acids is 1. The van der Waals surface area contributed by atoms with Crippen molar-refractivity contribution in [2.75, 3.05) is 14.2 Å². The normalized spacial score (nSPS) is 11.3. The Morgan fingerprint density at radius 1 is 1.03 bits per heavy atom. The fourth-order valence-electron chi connectivity index (χ4n) is 3.67. The first-order valence-electron chi connectivity index (χ1n) is 11.1. The van der Waals surface area contributed by atoms with Crippen molar-refractivity contribution >= 4 is 23.2 Å². The lowest BCUT2D eigenvalue weighted by Gasteiger charge is -2.08. The van der Waals surface area contributed by atoms with Crippen LogP contribution in [-0.2, 0) is 6.42 Å². The number of aromatic amines is 1. The lowest BCUT2D eigenvalue weighted by atomic mass is 10.0. The number of imidazole rings is 1. The van der Waals surface area contributed by atoms with E-state index in [-0.39, 0.29) is 5.91 Å². The van der Waals surface area contributed by atoms with Gasteiger partial charge in [0.05, 0.1) is 31.5 Å². The summed E-state index contributed by atoms with van der Waals surface area (Å²) in [7, 11) is 3.22. The highest BCUT2D eigenvalue weighted by Gasteiger charge is 2.11. The minimum Gasteiger partial charge on any atom is -0.493 e. The number of benzene rings is 3. The Balaban J connectivity index is 1.43. The molecule has 4 aromatic rings. The molecule has 0 unspecified atom stereocenters. The fourth-order valence-corrected chi connectivity index (χ4v) is 3.67. The van der Waals surface area contributed by atoms with Crippen LogP contribution < -0.4 is 14.9 Å². The molecular weight excluding hydrogens is 428 g/mol. The van der Waals surface area contributed by atoms with E-state index >= 15 is 0 Å². The van der Waals surface area contributed by atoms with Crippen molar-refractivity contribution < 1.29 is 14.3 Å². The number of rotatable bonds is 8. The highest BCUT2D eigenvalue weighted by Crippen LogP contribution is 2.28. The van der Waals surface area contributed by atoms with Crippen molar-refractivity contribution in [3.63, 3.8) is 0 Å². The summed E-state index contributed by atoms with van der Waals surface area (Å²) in [5.74, 6) is 2.34. The van der Waals surface area contributed by atoms with Crippen LogP contribution in [0.4, 0.5) is 0 Å². The van der Waals surface area contributed by atoms with Gasteiger partial charge in [-0.1, -0.05) is 44.2 Å². The molecule has 4 rings (SSSR count). The lowest BCUT2D eigenvalue weighted by molar-refractivity contribution is 0.0955. The summed E-state index contributed by atoms with van der Waals surface area (Å²) in [6.07, 6.45) is 2.23. The van der Waals surface area contributed by atoms with Gasteiger partial charge in [0.1, 0.15) is 5.82 Å². The van der Waals surface area contributed by atoms with Crippen LogP contribution in [0.3, 0.4) is 0 Å². The number of carbonyl (C=O) groups is 1. The molecule has 7 heteroatoms. The molecule has 1 heterocycles. The van der Waals surface area contributed by atoms with Gasteiger partial charge in [0, 0.05) is 12.0 Å². The van der Waals surface area contributed by atoms with Gasteiger partial charge in [0.2, 0.25) is 0 Å². The maximum absolute atomic E-state index is 12.6. The topological polar surface area (TPSA) is 88.6 Å². The standard InChI is InChI=1S/C27H28N4O3/c1-17(2)20-8-5-18(6-9-20)16-28-31-27(32)21-10-11-22-23(15-21)30-26(29-22)14-19-7-12-24(33-3)25(13-19)34-4/h5-13,15-17H,14H2,1-4H3,(H,29,30)(H,31,32)/b28-16-. The first kappa shape index (κ1) is 23.0. The molecule has 0 bridgehead atoms. The van der Waals surface area contributed by atoms with Crippen LogP contribution in [0.2, 0.25) is 0 Å². The molecule has 3 aromatic carbocycles. The van der Waals surface area contributed by atoms with Crippen LogP contribution in [-0.4, -0.2) is 36.3 Å². The second-order valence-corrected chi connectivity index (χ2v) is 8.30. The molecule has 0 radical (unpaired) electrons. The number of amides is 1. The zero-order valence-corrected chi connectivity index (χ0v) is 19.8. The van der Waals surface area contributed by atoms with Crippen LogP contribution >= 0.6 is 0 Å². The smallest absolute Gasteiger partial charge is 0.271 e. The predicted octanol–water partition coefficient (Wildman–Crippen LogP) is 5.06. The highest BCUT2D eigenvalue weighted by atomic mass is 16.5. The molecule has 1 amide bonds. The van der Waals surface area contributed by atoms with E-state index in [0.29, 0.717) is 29.4 Å². The average molecular weight is 457 g/mol. The Labute approximate surface area is 198 Å². The minimum absolute atomic E-state index is 0.284. The van der Waals surface area contributed by atoms with Gasteiger partial charge < -0.3 is 14.5 Å². The number of methoxy groups -OCH3 is 2. The van der Waals surface area contributed by atoms with Crippen molar-refractivity contribution in [3.8, 4) is 11.5 Å². The SMILES string of the molecule is COc1ccc(Cc2nc3ccc(C(=O)N/N=C\c4ccc(C(C)C)cc4)cc3[nH]2)cc1OC. The summed E-state index contributed by atoms with van der Waals surface area (Å²) >= 11 is 0. The minimum atomic E-state index is -0.284. The number of hydrogen-bond donors (Lipinski definition) is 2. The molecule has 174 valence electrons. The summed E-state index contributed by atoms with van der Waals surface area (Å²) in [5, 5.41) is 4.09. The van der Waals surface area contributed by atoms with Crippen LogP contribution in [0, 0.1) is 0 Å². The number of hydrazone groups is 1. The number of nitrogens with zero attached hydrogens (tertiary/aromatic N) is 2.